The molecule has 2 saturated heterocycles. The van der Waals surface area contributed by atoms with Crippen LogP contribution in [0.3, 0.4) is 0 Å². The van der Waals surface area contributed by atoms with E-state index in [-0.39, 0.29) is 0 Å². The van der Waals surface area contributed by atoms with Crippen molar-refractivity contribution in [1.29, 1.82) is 0 Å². The molecule has 0 radical (unpaired) electrons. The average Bonchev–Trinajstić information content (AvgIpc) is 1.78. The number of methoxy groups -OCH3 is 1. The predicted octanol–water partition coefficient (Wildman–Crippen LogP) is 24.9. The molecule has 2 heterocycles. The standard InChI is InChI=1S/C97H188O14/c1-5-7-9-11-13-15-17-19-21-23-24-25-26-27-28-33-39-45-51-57-63-69-75-84(95(106)108-80-88-90(101)92(103)94(105)97(110-88)111-96-93(104)91(102)89(100)87(79-98)109-96)85(99)76-70-64-58-52-46-40-35-38-44-50-56-62-68-74-83-78-82(83)73-67-61-55-49-43-37-32-29-30-34-41-47-53-59-65-71-77-86(107-4)81(3)72-66-60-54-48-42-36-31-22-20-18-16-14-12-10-8-6-2/h81-94,96-105H,5-80H2,1-4H3/t81?,82?,83?,84-,85-,86?,87-,88-,89-,90-,91+,92+,93-,94-,96-,97-/m1/s1. The first-order valence-corrected chi connectivity index (χ1v) is 49.4. The Morgan fingerprint density at radius 1 is 0.333 bits per heavy atom. The number of hydrogen-bond acceptors (Lipinski definition) is 14. The second-order valence-electron chi connectivity index (χ2n) is 36.4. The maximum atomic E-state index is 13.9. The number of carbonyl (C=O) groups excluding carboxylic acids is 1. The minimum atomic E-state index is -1.83. The van der Waals surface area contributed by atoms with E-state index in [1.54, 1.807) is 0 Å². The molecule has 3 fully saturated rings. The molecule has 3 aliphatic rings. The number of carbonyl (C=O) groups is 1. The van der Waals surface area contributed by atoms with Gasteiger partial charge in [0.25, 0.3) is 0 Å². The number of rotatable bonds is 84. The Morgan fingerprint density at radius 3 is 0.901 bits per heavy atom. The smallest absolute Gasteiger partial charge is 0.311 e. The van der Waals surface area contributed by atoms with Gasteiger partial charge in [-0.15, -0.1) is 0 Å². The van der Waals surface area contributed by atoms with Crippen molar-refractivity contribution < 1.29 is 69.3 Å². The summed E-state index contributed by atoms with van der Waals surface area (Å²) in [4.78, 5) is 13.9. The predicted molar refractivity (Wildman–Crippen MR) is 462 cm³/mol. The van der Waals surface area contributed by atoms with Crippen LogP contribution in [0.15, 0.2) is 0 Å². The summed E-state index contributed by atoms with van der Waals surface area (Å²) in [6, 6.07) is 0. The number of esters is 1. The highest BCUT2D eigenvalue weighted by Crippen LogP contribution is 2.46. The Labute approximate surface area is 685 Å². The van der Waals surface area contributed by atoms with E-state index >= 15 is 0 Å². The van der Waals surface area contributed by atoms with Crippen molar-refractivity contribution in [2.24, 2.45) is 23.7 Å². The van der Waals surface area contributed by atoms with Crippen molar-refractivity contribution in [1.82, 2.24) is 0 Å². The number of aliphatic hydroxyl groups excluding tert-OH is 8. The van der Waals surface area contributed by atoms with E-state index in [1.807, 2.05) is 7.11 Å². The fourth-order valence-corrected chi connectivity index (χ4v) is 18.2. The molecule has 1 aliphatic carbocycles. The fraction of sp³-hybridized carbons (Fsp3) is 0.990. The summed E-state index contributed by atoms with van der Waals surface area (Å²) in [6.45, 7) is 5.81. The van der Waals surface area contributed by atoms with Gasteiger partial charge >= 0.3 is 5.97 Å². The van der Waals surface area contributed by atoms with Gasteiger partial charge in [0.05, 0.1) is 24.7 Å². The Morgan fingerprint density at radius 2 is 0.595 bits per heavy atom. The molecule has 16 atom stereocenters. The third-order valence-electron chi connectivity index (χ3n) is 26.2. The quantitative estimate of drug-likeness (QED) is 0.0210. The Bertz CT molecular complexity index is 1970. The van der Waals surface area contributed by atoms with E-state index in [0.717, 1.165) is 56.8 Å². The molecule has 1 saturated carbocycles. The third-order valence-corrected chi connectivity index (χ3v) is 26.2. The zero-order valence-electron chi connectivity index (χ0n) is 73.5. The van der Waals surface area contributed by atoms with Crippen molar-refractivity contribution in [2.45, 2.75) is 570 Å². The number of unbranched alkanes of at least 4 members (excludes halogenated alkanes) is 63. The first-order valence-electron chi connectivity index (χ1n) is 49.4. The second-order valence-corrected chi connectivity index (χ2v) is 36.4. The number of aliphatic hydroxyl groups is 8. The van der Waals surface area contributed by atoms with Crippen LogP contribution in [0.1, 0.15) is 496 Å². The van der Waals surface area contributed by atoms with Gasteiger partial charge in [-0.3, -0.25) is 4.79 Å². The van der Waals surface area contributed by atoms with Gasteiger partial charge in [-0.1, -0.05) is 464 Å². The molecule has 0 aromatic carbocycles. The van der Waals surface area contributed by atoms with E-state index in [1.165, 1.54) is 417 Å². The van der Waals surface area contributed by atoms with Crippen LogP contribution in [0.4, 0.5) is 0 Å². The zero-order chi connectivity index (χ0) is 80.1. The van der Waals surface area contributed by atoms with Crippen molar-refractivity contribution >= 4 is 5.97 Å². The Hall–Kier alpha value is -1.01. The van der Waals surface area contributed by atoms with Gasteiger partial charge < -0.3 is 64.5 Å². The van der Waals surface area contributed by atoms with Crippen molar-refractivity contribution in [3.05, 3.63) is 0 Å². The summed E-state index contributed by atoms with van der Waals surface area (Å²) in [5, 5.41) is 84.7. The minimum absolute atomic E-state index is 0.454. The summed E-state index contributed by atoms with van der Waals surface area (Å²) in [5.74, 6) is 1.36. The van der Waals surface area contributed by atoms with E-state index in [2.05, 4.69) is 20.8 Å². The largest absolute Gasteiger partial charge is 0.463 e. The highest BCUT2D eigenvalue weighted by atomic mass is 16.8. The lowest BCUT2D eigenvalue weighted by atomic mass is 9.91. The number of ether oxygens (including phenoxy) is 5. The van der Waals surface area contributed by atoms with Crippen molar-refractivity contribution in [2.75, 3.05) is 20.3 Å². The van der Waals surface area contributed by atoms with Gasteiger partial charge in [0.15, 0.2) is 12.6 Å². The van der Waals surface area contributed by atoms with Gasteiger partial charge in [0.2, 0.25) is 0 Å². The maximum absolute atomic E-state index is 13.9. The average molecular weight is 1580 g/mol. The van der Waals surface area contributed by atoms with Crippen molar-refractivity contribution in [3.63, 3.8) is 0 Å². The molecule has 660 valence electrons. The maximum Gasteiger partial charge on any atom is 0.311 e. The van der Waals surface area contributed by atoms with E-state index in [0.29, 0.717) is 24.9 Å². The molecule has 0 aromatic heterocycles. The van der Waals surface area contributed by atoms with E-state index < -0.39 is 92.6 Å². The van der Waals surface area contributed by atoms with Crippen molar-refractivity contribution in [3.8, 4) is 0 Å². The van der Waals surface area contributed by atoms with Gasteiger partial charge in [-0.05, 0) is 49.9 Å². The molecular formula is C97H188O14. The lowest BCUT2D eigenvalue weighted by Gasteiger charge is -2.44. The summed E-state index contributed by atoms with van der Waals surface area (Å²) >= 11 is 0. The molecule has 0 bridgehead atoms. The van der Waals surface area contributed by atoms with Gasteiger partial charge in [-0.2, -0.15) is 0 Å². The van der Waals surface area contributed by atoms with Gasteiger partial charge in [0.1, 0.15) is 55.4 Å². The first kappa shape index (κ1) is 104. The van der Waals surface area contributed by atoms with E-state index in [9.17, 15) is 45.6 Å². The molecule has 0 aromatic rings. The molecule has 14 heteroatoms. The van der Waals surface area contributed by atoms with Crippen LogP contribution in [0.2, 0.25) is 0 Å². The minimum Gasteiger partial charge on any atom is -0.463 e. The molecule has 3 rings (SSSR count). The first-order chi connectivity index (χ1) is 54.4. The monoisotopic (exact) mass is 1580 g/mol. The van der Waals surface area contributed by atoms with E-state index in [4.69, 9.17) is 23.7 Å². The van der Waals surface area contributed by atoms with Gasteiger partial charge in [0, 0.05) is 7.11 Å². The summed E-state index contributed by atoms with van der Waals surface area (Å²) in [6.07, 6.45) is 81.4. The lowest BCUT2D eigenvalue weighted by molar-refractivity contribution is -0.376. The molecule has 2 aliphatic heterocycles. The summed E-state index contributed by atoms with van der Waals surface area (Å²) in [5.41, 5.74) is 0. The van der Waals surface area contributed by atoms with Crippen LogP contribution in [0.25, 0.3) is 0 Å². The molecule has 4 unspecified atom stereocenters. The summed E-state index contributed by atoms with van der Waals surface area (Å²) in [7, 11) is 1.95. The van der Waals surface area contributed by atoms with Crippen LogP contribution in [0, 0.1) is 23.7 Å². The SMILES string of the molecule is CCCCCCCCCCCCCCCCCCCCCCCC[C@@H](C(=O)OC[C@H]1O[C@H](O[C@H]2O[C@H](CO)[C@@H](O)[C@H](O)[C@H]2O)[C@H](O)[C@@H](O)[C@@H]1O)[C@H](O)CCCCCCCCCCCCCCCC1CC1CCCCCCCCCCCCCCCCCCC(OC)C(C)CCCCCCCCCCCCCCCCCC. The molecule has 111 heavy (non-hydrogen) atoms. The number of hydrogen-bond donors (Lipinski definition) is 8. The molecule has 14 nitrogen and oxygen atoms in total. The fourth-order valence-electron chi connectivity index (χ4n) is 18.2. The Balaban J connectivity index is 1.13. The molecular weight excluding hydrogens is 1390 g/mol. The van der Waals surface area contributed by atoms with Crippen LogP contribution in [0.5, 0.6) is 0 Å². The van der Waals surface area contributed by atoms with Crippen LogP contribution >= 0.6 is 0 Å². The lowest BCUT2D eigenvalue weighted by Crippen LogP contribution is -2.63. The molecule has 0 amide bonds. The van der Waals surface area contributed by atoms with Crippen LogP contribution < -0.4 is 0 Å². The summed E-state index contributed by atoms with van der Waals surface area (Å²) < 4.78 is 28.5. The highest BCUT2D eigenvalue weighted by Gasteiger charge is 2.50. The van der Waals surface area contributed by atoms with Crippen LogP contribution in [-0.4, -0.2) is 141 Å². The Kier molecular flexibility index (Phi) is 69.5. The zero-order valence-corrected chi connectivity index (χ0v) is 73.5. The molecule has 8 N–H and O–H groups in total. The second kappa shape index (κ2) is 74.1. The highest BCUT2D eigenvalue weighted by molar-refractivity contribution is 5.73. The van der Waals surface area contributed by atoms with Gasteiger partial charge in [-0.25, -0.2) is 0 Å². The van der Waals surface area contributed by atoms with Crippen LogP contribution in [-0.2, 0) is 28.5 Å². The normalized spacial score (nSPS) is 23.2. The molecule has 0 spiro atoms. The third kappa shape index (κ3) is 54.7. The topological polar surface area (TPSA) is 225 Å².